The van der Waals surface area contributed by atoms with Crippen molar-refractivity contribution in [2.45, 2.75) is 62.9 Å². The molecule has 57 heavy (non-hydrogen) atoms. The van der Waals surface area contributed by atoms with E-state index in [1.54, 1.807) is 24.3 Å². The minimum atomic E-state index is -3.96. The number of nitrogens with zero attached hydrogens (tertiary/aromatic N) is 1. The van der Waals surface area contributed by atoms with Crippen LogP contribution in [0.4, 0.5) is 0 Å². The summed E-state index contributed by atoms with van der Waals surface area (Å²) in [5, 5.41) is 12.6. The van der Waals surface area contributed by atoms with Crippen LogP contribution in [0.5, 0.6) is 0 Å². The molecule has 0 radical (unpaired) electrons. The van der Waals surface area contributed by atoms with Gasteiger partial charge in [-0.3, -0.25) is 9.69 Å². The smallest absolute Gasteiger partial charge is 0.241 e. The molecule has 2 saturated heterocycles. The molecule has 2 heterocycles. The van der Waals surface area contributed by atoms with Crippen molar-refractivity contribution in [3.8, 4) is 11.1 Å². The van der Waals surface area contributed by atoms with Gasteiger partial charge in [0.15, 0.2) is 6.29 Å². The summed E-state index contributed by atoms with van der Waals surface area (Å²) in [6.07, 6.45) is -0.726. The fourth-order valence-corrected chi connectivity index (χ4v) is 8.61. The Morgan fingerprint density at radius 2 is 1.47 bits per heavy atom. The molecule has 7 rings (SSSR count). The number of hydrogen-bond donors (Lipinski definition) is 3. The molecule has 2 fully saturated rings. The number of sulfonamides is 1. The third kappa shape index (κ3) is 10.4. The van der Waals surface area contributed by atoms with Crippen molar-refractivity contribution in [2.24, 2.45) is 5.92 Å². The van der Waals surface area contributed by atoms with Crippen molar-refractivity contribution in [3.05, 3.63) is 161 Å². The van der Waals surface area contributed by atoms with E-state index in [2.05, 4.69) is 27.9 Å². The maximum Gasteiger partial charge on any atom is 0.241 e. The maximum atomic E-state index is 13.7. The van der Waals surface area contributed by atoms with Gasteiger partial charge in [0, 0.05) is 37.7 Å². The van der Waals surface area contributed by atoms with E-state index in [0.717, 1.165) is 64.1 Å². The maximum absolute atomic E-state index is 13.7. The largest absolute Gasteiger partial charge is 0.392 e. The molecule has 5 unspecified atom stereocenters. The van der Waals surface area contributed by atoms with E-state index in [4.69, 9.17) is 14.2 Å². The highest BCUT2D eigenvalue weighted by molar-refractivity contribution is 7.89. The van der Waals surface area contributed by atoms with Crippen LogP contribution >= 0.6 is 0 Å². The zero-order valence-electron chi connectivity index (χ0n) is 32.4. The average molecular weight is 790 g/mol. The molecule has 1 amide bonds. The highest BCUT2D eigenvalue weighted by Crippen LogP contribution is 2.42. The minimum Gasteiger partial charge on any atom is -0.392 e. The second kappa shape index (κ2) is 18.7. The van der Waals surface area contributed by atoms with Gasteiger partial charge in [-0.2, -0.15) is 4.72 Å². The average Bonchev–Trinajstić information content (AvgIpc) is 3.24. The standard InChI is InChI=1S/C46H51N3O7S/c1-32-14-20-41(21-15-32)57(52,53)48-42(27-34-8-4-3-5-9-34)45(51)47-29-36-10-6-11-38(26-36)39-12-7-13-40(28-39)46-55-43(30-49-22-24-54-25-23-49)33(2)44(56-46)37-18-16-35(31-50)17-19-37/h3-21,26,28,33,42-44,46,48,50H,22-25,27,29-31H2,1-2H3,(H,47,51). The van der Waals surface area contributed by atoms with Crippen molar-refractivity contribution in [3.63, 3.8) is 0 Å². The van der Waals surface area contributed by atoms with Gasteiger partial charge in [-0.15, -0.1) is 0 Å². The number of nitrogens with one attached hydrogen (secondary N) is 2. The van der Waals surface area contributed by atoms with Crippen molar-refractivity contribution >= 4 is 15.9 Å². The topological polar surface area (TPSA) is 126 Å². The Balaban J connectivity index is 1.07. The molecule has 11 heteroatoms. The number of rotatable bonds is 14. The predicted molar refractivity (Wildman–Crippen MR) is 219 cm³/mol. The molecule has 0 bridgehead atoms. The van der Waals surface area contributed by atoms with Gasteiger partial charge < -0.3 is 24.6 Å². The van der Waals surface area contributed by atoms with Crippen LogP contribution in [-0.4, -0.2) is 69.3 Å². The van der Waals surface area contributed by atoms with Crippen LogP contribution < -0.4 is 10.0 Å². The quantitative estimate of drug-likeness (QED) is 0.117. The number of aryl methyl sites for hydroxylation is 1. The van der Waals surface area contributed by atoms with Gasteiger partial charge in [0.05, 0.1) is 36.9 Å². The second-order valence-corrected chi connectivity index (χ2v) is 16.7. The van der Waals surface area contributed by atoms with Crippen molar-refractivity contribution in [1.29, 1.82) is 0 Å². The molecule has 0 saturated carbocycles. The summed E-state index contributed by atoms with van der Waals surface area (Å²) in [4.78, 5) is 16.2. The van der Waals surface area contributed by atoms with Gasteiger partial charge >= 0.3 is 0 Å². The number of carbonyl (C=O) groups excluding carboxylic acids is 1. The van der Waals surface area contributed by atoms with Crippen LogP contribution in [0.1, 0.15) is 52.7 Å². The summed E-state index contributed by atoms with van der Waals surface area (Å²) in [7, 11) is -3.96. The lowest BCUT2D eigenvalue weighted by Gasteiger charge is -2.43. The number of aliphatic hydroxyl groups is 1. The first-order chi connectivity index (χ1) is 27.6. The number of amides is 1. The Bertz CT molecular complexity index is 2190. The number of carbonyl (C=O) groups is 1. The van der Waals surface area contributed by atoms with E-state index < -0.39 is 28.3 Å². The monoisotopic (exact) mass is 789 g/mol. The predicted octanol–water partition coefficient (Wildman–Crippen LogP) is 6.48. The molecule has 5 aromatic carbocycles. The molecule has 3 N–H and O–H groups in total. The summed E-state index contributed by atoms with van der Waals surface area (Å²) < 4.78 is 48.5. The molecule has 0 aromatic heterocycles. The SMILES string of the molecule is Cc1ccc(S(=O)(=O)NC(Cc2ccccc2)C(=O)NCc2cccc(-c3cccc(C4OC(CN5CCOCC5)C(C)C(c5ccc(CO)cc5)O4)c3)c2)cc1. The van der Waals surface area contributed by atoms with Gasteiger partial charge in [0.1, 0.15) is 6.04 Å². The van der Waals surface area contributed by atoms with Gasteiger partial charge in [-0.05, 0) is 71.0 Å². The summed E-state index contributed by atoms with van der Waals surface area (Å²) in [5.74, 6) is -0.348. The van der Waals surface area contributed by atoms with E-state index >= 15 is 0 Å². The number of aliphatic hydroxyl groups excluding tert-OH is 1. The first-order valence-electron chi connectivity index (χ1n) is 19.6. The second-order valence-electron chi connectivity index (χ2n) is 15.0. The Hall–Kier alpha value is -4.72. The van der Waals surface area contributed by atoms with Crippen LogP contribution in [0.15, 0.2) is 132 Å². The van der Waals surface area contributed by atoms with E-state index in [1.807, 2.05) is 104 Å². The van der Waals surface area contributed by atoms with E-state index in [1.165, 1.54) is 0 Å². The fraction of sp³-hybridized carbons (Fsp3) is 0.326. The Kier molecular flexibility index (Phi) is 13.3. The van der Waals surface area contributed by atoms with Gasteiger partial charge in [0.2, 0.25) is 15.9 Å². The van der Waals surface area contributed by atoms with Gasteiger partial charge in [-0.1, -0.05) is 116 Å². The van der Waals surface area contributed by atoms with Crippen molar-refractivity contribution in [2.75, 3.05) is 32.8 Å². The lowest BCUT2D eigenvalue weighted by Crippen LogP contribution is -2.47. The molecule has 5 aromatic rings. The summed E-state index contributed by atoms with van der Waals surface area (Å²) in [6, 6.07) is 38.9. The number of morpholine rings is 1. The highest BCUT2D eigenvalue weighted by Gasteiger charge is 2.39. The summed E-state index contributed by atoms with van der Waals surface area (Å²) >= 11 is 0. The number of benzene rings is 5. The molecule has 2 aliphatic rings. The van der Waals surface area contributed by atoms with Gasteiger partial charge in [-0.25, -0.2) is 8.42 Å². The summed E-state index contributed by atoms with van der Waals surface area (Å²) in [5.41, 5.74) is 7.35. The van der Waals surface area contributed by atoms with Crippen molar-refractivity contribution < 1.29 is 32.5 Å². The van der Waals surface area contributed by atoms with Gasteiger partial charge in [0.25, 0.3) is 0 Å². The molecular weight excluding hydrogens is 739 g/mol. The molecule has 0 aliphatic carbocycles. The molecule has 10 nitrogen and oxygen atoms in total. The third-order valence-electron chi connectivity index (χ3n) is 10.8. The molecular formula is C46H51N3O7S. The highest BCUT2D eigenvalue weighted by atomic mass is 32.2. The number of ether oxygens (including phenoxy) is 3. The number of hydrogen-bond acceptors (Lipinski definition) is 8. The fourth-order valence-electron chi connectivity index (χ4n) is 7.41. The summed E-state index contributed by atoms with van der Waals surface area (Å²) in [6.45, 7) is 8.15. The minimum absolute atomic E-state index is 0.0159. The third-order valence-corrected chi connectivity index (χ3v) is 12.3. The van der Waals surface area contributed by atoms with Crippen LogP contribution in [0.2, 0.25) is 0 Å². The Morgan fingerprint density at radius 1 is 0.789 bits per heavy atom. The lowest BCUT2D eigenvalue weighted by atomic mass is 9.89. The Morgan fingerprint density at radius 3 is 2.19 bits per heavy atom. The van der Waals surface area contributed by atoms with Crippen LogP contribution in [0, 0.1) is 12.8 Å². The van der Waals surface area contributed by atoms with E-state index in [9.17, 15) is 18.3 Å². The van der Waals surface area contributed by atoms with Crippen molar-refractivity contribution in [1.82, 2.24) is 14.9 Å². The zero-order chi connectivity index (χ0) is 39.8. The molecule has 298 valence electrons. The van der Waals surface area contributed by atoms with E-state index in [0.29, 0.717) is 13.2 Å². The normalized spacial score (nSPS) is 20.8. The lowest BCUT2D eigenvalue weighted by molar-refractivity contribution is -0.277. The molecule has 0 spiro atoms. The first-order valence-corrected chi connectivity index (χ1v) is 21.0. The van der Waals surface area contributed by atoms with Crippen LogP contribution in [0.25, 0.3) is 11.1 Å². The van der Waals surface area contributed by atoms with Crippen LogP contribution in [-0.2, 0) is 48.6 Å². The van der Waals surface area contributed by atoms with Crippen LogP contribution in [0.3, 0.4) is 0 Å². The zero-order valence-corrected chi connectivity index (χ0v) is 33.2. The molecule has 5 atom stereocenters. The first kappa shape index (κ1) is 40.5. The Labute approximate surface area is 335 Å². The molecule has 2 aliphatic heterocycles. The van der Waals surface area contributed by atoms with E-state index in [-0.39, 0.29) is 42.6 Å².